The second-order valence-electron chi connectivity index (χ2n) is 5.24. The van der Waals surface area contributed by atoms with Crippen LogP contribution in [0, 0.1) is 0 Å². The molecule has 2 heteroatoms. The van der Waals surface area contributed by atoms with E-state index in [1.165, 1.54) is 0 Å². The number of rotatable bonds is 1. The molecule has 0 amide bonds. The van der Waals surface area contributed by atoms with E-state index in [1.807, 2.05) is 0 Å². The molecule has 1 unspecified atom stereocenters. The molecule has 0 aliphatic rings. The summed E-state index contributed by atoms with van der Waals surface area (Å²) in [4.78, 5) is 0. The Bertz CT molecular complexity index is 119. The Labute approximate surface area is 72.9 Å². The summed E-state index contributed by atoms with van der Waals surface area (Å²) in [6.07, 6.45) is 0. The van der Waals surface area contributed by atoms with Gasteiger partial charge >= 0.3 is 0 Å². The van der Waals surface area contributed by atoms with Crippen molar-refractivity contribution in [2.24, 2.45) is 0 Å². The highest BCUT2D eigenvalue weighted by atomic mass is 28.3. The van der Waals surface area contributed by atoms with Gasteiger partial charge in [-0.2, -0.15) is 0 Å². The highest BCUT2D eigenvalue weighted by Gasteiger charge is 2.27. The molecule has 0 heterocycles. The van der Waals surface area contributed by atoms with E-state index in [-0.39, 0.29) is 5.60 Å². The molecule has 0 fully saturated rings. The molecule has 0 rings (SSSR count). The van der Waals surface area contributed by atoms with Gasteiger partial charge in [0.2, 0.25) is 0 Å². The summed E-state index contributed by atoms with van der Waals surface area (Å²) >= 11 is 0. The largest absolute Gasteiger partial charge is 0.415 e. The van der Waals surface area contributed by atoms with Crippen molar-refractivity contribution in [2.45, 2.75) is 58.7 Å². The number of hydrogen-bond acceptors (Lipinski definition) is 1. The van der Waals surface area contributed by atoms with Crippen molar-refractivity contribution < 1.29 is 4.43 Å². The standard InChI is InChI=1S/C9H22OSi/c1-8(2,3)10-11(7)9(4,5)6/h11H,1-7H3. The highest BCUT2D eigenvalue weighted by Crippen LogP contribution is 2.29. The van der Waals surface area contributed by atoms with Crippen LogP contribution in [0.15, 0.2) is 0 Å². The predicted molar refractivity (Wildman–Crippen MR) is 53.6 cm³/mol. The van der Waals surface area contributed by atoms with E-state index in [2.05, 4.69) is 48.1 Å². The maximum absolute atomic E-state index is 5.94. The topological polar surface area (TPSA) is 9.23 Å². The van der Waals surface area contributed by atoms with Crippen LogP contribution in [0.4, 0.5) is 0 Å². The van der Waals surface area contributed by atoms with Crippen molar-refractivity contribution in [2.75, 3.05) is 0 Å². The van der Waals surface area contributed by atoms with Crippen molar-refractivity contribution in [3.05, 3.63) is 0 Å². The van der Waals surface area contributed by atoms with Crippen molar-refractivity contribution in [1.82, 2.24) is 0 Å². The SMILES string of the molecule is C[SiH](OC(C)(C)C)C(C)(C)C. The highest BCUT2D eigenvalue weighted by molar-refractivity contribution is 6.53. The van der Waals surface area contributed by atoms with E-state index in [9.17, 15) is 0 Å². The smallest absolute Gasteiger partial charge is 0.179 e. The summed E-state index contributed by atoms with van der Waals surface area (Å²) in [7, 11) is -1.02. The number of hydrogen-bond donors (Lipinski definition) is 0. The summed E-state index contributed by atoms with van der Waals surface area (Å²) in [5.41, 5.74) is 0.0406. The summed E-state index contributed by atoms with van der Waals surface area (Å²) in [6.45, 7) is 15.4. The Hall–Kier alpha value is 0.177. The summed E-state index contributed by atoms with van der Waals surface area (Å²) in [5.74, 6) is 0. The predicted octanol–water partition coefficient (Wildman–Crippen LogP) is 2.96. The molecule has 11 heavy (non-hydrogen) atoms. The minimum atomic E-state index is -1.02. The fourth-order valence-corrected chi connectivity index (χ4v) is 2.12. The maximum atomic E-state index is 5.94. The first-order valence-corrected chi connectivity index (χ1v) is 6.51. The third kappa shape index (κ3) is 5.45. The van der Waals surface area contributed by atoms with Gasteiger partial charge in [-0.25, -0.2) is 0 Å². The van der Waals surface area contributed by atoms with Crippen LogP contribution in [-0.4, -0.2) is 14.6 Å². The van der Waals surface area contributed by atoms with E-state index in [0.717, 1.165) is 0 Å². The average Bonchev–Trinajstić information content (AvgIpc) is 1.56. The van der Waals surface area contributed by atoms with Gasteiger partial charge in [-0.15, -0.1) is 0 Å². The Morgan fingerprint density at radius 2 is 1.27 bits per heavy atom. The van der Waals surface area contributed by atoms with Crippen LogP contribution in [0.3, 0.4) is 0 Å². The molecule has 0 aromatic heterocycles. The lowest BCUT2D eigenvalue weighted by Crippen LogP contribution is -2.34. The molecular weight excluding hydrogens is 152 g/mol. The van der Waals surface area contributed by atoms with E-state index in [4.69, 9.17) is 4.43 Å². The van der Waals surface area contributed by atoms with Crippen LogP contribution in [0.25, 0.3) is 0 Å². The first-order valence-electron chi connectivity index (χ1n) is 4.31. The molecule has 1 atom stereocenters. The van der Waals surface area contributed by atoms with Crippen molar-refractivity contribution in [3.63, 3.8) is 0 Å². The minimum absolute atomic E-state index is 0.0406. The molecule has 0 aromatic carbocycles. The zero-order valence-electron chi connectivity index (χ0n) is 8.99. The van der Waals surface area contributed by atoms with E-state index >= 15 is 0 Å². The van der Waals surface area contributed by atoms with Gasteiger partial charge in [0, 0.05) is 5.60 Å². The second-order valence-corrected chi connectivity index (χ2v) is 8.49. The zero-order valence-corrected chi connectivity index (χ0v) is 10.1. The van der Waals surface area contributed by atoms with Gasteiger partial charge in [-0.1, -0.05) is 20.8 Å². The van der Waals surface area contributed by atoms with Crippen molar-refractivity contribution in [3.8, 4) is 0 Å². The first-order chi connectivity index (χ1) is 4.63. The molecule has 0 N–H and O–H groups in total. The molecule has 0 aromatic rings. The van der Waals surface area contributed by atoms with Gasteiger partial charge in [-0.3, -0.25) is 0 Å². The van der Waals surface area contributed by atoms with Crippen LogP contribution < -0.4 is 0 Å². The average molecular weight is 174 g/mol. The molecule has 0 aliphatic carbocycles. The fourth-order valence-electron chi connectivity index (χ4n) is 0.707. The second kappa shape index (κ2) is 3.28. The zero-order chi connectivity index (χ0) is 9.28. The van der Waals surface area contributed by atoms with Gasteiger partial charge in [0.1, 0.15) is 0 Å². The Morgan fingerprint density at radius 1 is 0.909 bits per heavy atom. The lowest BCUT2D eigenvalue weighted by atomic mass is 10.2. The van der Waals surface area contributed by atoms with Gasteiger partial charge in [-0.05, 0) is 32.4 Å². The van der Waals surface area contributed by atoms with Crippen LogP contribution >= 0.6 is 0 Å². The first kappa shape index (κ1) is 11.2. The van der Waals surface area contributed by atoms with Gasteiger partial charge in [0.05, 0.1) is 0 Å². The quantitative estimate of drug-likeness (QED) is 0.555. The third-order valence-electron chi connectivity index (χ3n) is 1.75. The molecule has 0 radical (unpaired) electrons. The molecular formula is C9H22OSi. The summed E-state index contributed by atoms with van der Waals surface area (Å²) in [5, 5.41) is 0.382. The summed E-state index contributed by atoms with van der Waals surface area (Å²) in [6, 6.07) is 0. The van der Waals surface area contributed by atoms with E-state index < -0.39 is 9.04 Å². The Kier molecular flexibility index (Phi) is 3.33. The summed E-state index contributed by atoms with van der Waals surface area (Å²) < 4.78 is 5.94. The monoisotopic (exact) mass is 174 g/mol. The maximum Gasteiger partial charge on any atom is 0.179 e. The molecule has 0 spiro atoms. The molecule has 0 saturated carbocycles. The van der Waals surface area contributed by atoms with Gasteiger partial charge in [0.25, 0.3) is 0 Å². The Balaban J connectivity index is 3.99. The lowest BCUT2D eigenvalue weighted by molar-refractivity contribution is 0.123. The van der Waals surface area contributed by atoms with Crippen LogP contribution in [0.5, 0.6) is 0 Å². The normalized spacial score (nSPS) is 16.6. The molecule has 68 valence electrons. The van der Waals surface area contributed by atoms with Crippen LogP contribution in [-0.2, 0) is 4.43 Å². The molecule has 0 bridgehead atoms. The Morgan fingerprint density at radius 3 is 1.36 bits per heavy atom. The van der Waals surface area contributed by atoms with E-state index in [1.54, 1.807) is 0 Å². The molecule has 1 nitrogen and oxygen atoms in total. The van der Waals surface area contributed by atoms with Gasteiger partial charge in [0.15, 0.2) is 9.04 Å². The fraction of sp³-hybridized carbons (Fsp3) is 1.00. The van der Waals surface area contributed by atoms with E-state index in [0.29, 0.717) is 5.04 Å². The molecule has 0 aliphatic heterocycles. The van der Waals surface area contributed by atoms with Crippen LogP contribution in [0.2, 0.25) is 11.6 Å². The van der Waals surface area contributed by atoms with Crippen molar-refractivity contribution >= 4 is 9.04 Å². The minimum Gasteiger partial charge on any atom is -0.415 e. The van der Waals surface area contributed by atoms with Gasteiger partial charge < -0.3 is 4.43 Å². The third-order valence-corrected chi connectivity index (χ3v) is 5.25. The van der Waals surface area contributed by atoms with Crippen molar-refractivity contribution in [1.29, 1.82) is 0 Å². The van der Waals surface area contributed by atoms with Crippen LogP contribution in [0.1, 0.15) is 41.5 Å². The molecule has 0 saturated heterocycles. The lowest BCUT2D eigenvalue weighted by Gasteiger charge is -2.32.